The molecular weight excluding hydrogens is 421 g/mol. The monoisotopic (exact) mass is 437 g/mol. The van der Waals surface area contributed by atoms with Crippen LogP contribution in [0.25, 0.3) is 0 Å². The predicted octanol–water partition coefficient (Wildman–Crippen LogP) is 3.69. The first kappa shape index (κ1) is 15.3. The summed E-state index contributed by atoms with van der Waals surface area (Å²) in [5.74, 6) is 0.104. The smallest absolute Gasteiger partial charge is 0.255 e. The van der Waals surface area contributed by atoms with Crippen LogP contribution in [0, 0.1) is 3.57 Å². The Bertz CT molecular complexity index is 481. The number of hydrogen-bond acceptors (Lipinski definition) is 2. The van der Waals surface area contributed by atoms with E-state index in [9.17, 15) is 4.79 Å². The van der Waals surface area contributed by atoms with E-state index < -0.39 is 0 Å². The van der Waals surface area contributed by atoms with Gasteiger partial charge in [0.1, 0.15) is 0 Å². The molecule has 1 aliphatic rings. The van der Waals surface area contributed by atoms with Gasteiger partial charge in [-0.05, 0) is 54.1 Å². The van der Waals surface area contributed by atoms with Crippen molar-refractivity contribution in [2.75, 3.05) is 13.2 Å². The van der Waals surface area contributed by atoms with Gasteiger partial charge in [-0.1, -0.05) is 22.9 Å². The van der Waals surface area contributed by atoms with Gasteiger partial charge in [0, 0.05) is 14.6 Å². The average molecular weight is 438 g/mol. The zero-order valence-electron chi connectivity index (χ0n) is 11.0. The maximum atomic E-state index is 12.7. The second-order valence-corrected chi connectivity index (χ2v) is 6.87. The van der Waals surface area contributed by atoms with E-state index in [-0.39, 0.29) is 18.1 Å². The van der Waals surface area contributed by atoms with Crippen LogP contribution >= 0.6 is 38.5 Å². The maximum absolute atomic E-state index is 12.7. The molecule has 0 bridgehead atoms. The molecule has 3 nitrogen and oxygen atoms in total. The summed E-state index contributed by atoms with van der Waals surface area (Å²) in [5, 5.41) is 0. The van der Waals surface area contributed by atoms with Crippen LogP contribution < -0.4 is 0 Å². The summed E-state index contributed by atoms with van der Waals surface area (Å²) in [6, 6.07) is 6.00. The van der Waals surface area contributed by atoms with Crippen LogP contribution in [0.3, 0.4) is 0 Å². The zero-order chi connectivity index (χ0) is 14.0. The molecule has 1 aromatic carbocycles. The fourth-order valence-electron chi connectivity index (χ4n) is 2.25. The van der Waals surface area contributed by atoms with Crippen LogP contribution in [0.5, 0.6) is 0 Å². The van der Waals surface area contributed by atoms with Crippen molar-refractivity contribution in [1.82, 2.24) is 4.90 Å². The Labute approximate surface area is 136 Å². The van der Waals surface area contributed by atoms with Crippen molar-refractivity contribution in [1.29, 1.82) is 0 Å². The summed E-state index contributed by atoms with van der Waals surface area (Å²) in [4.78, 5) is 14.7. The highest BCUT2D eigenvalue weighted by Gasteiger charge is 2.30. The fraction of sp³-hybridized carbons (Fsp3) is 0.500. The van der Waals surface area contributed by atoms with Crippen LogP contribution in [0.15, 0.2) is 22.7 Å². The lowest BCUT2D eigenvalue weighted by Crippen LogP contribution is -2.51. The van der Waals surface area contributed by atoms with Gasteiger partial charge < -0.3 is 9.64 Å². The Morgan fingerprint density at radius 3 is 3.00 bits per heavy atom. The quantitative estimate of drug-likeness (QED) is 0.660. The normalized spacial score (nSPS) is 23.5. The first-order valence-electron chi connectivity index (χ1n) is 6.40. The zero-order valence-corrected chi connectivity index (χ0v) is 14.8. The molecule has 1 saturated heterocycles. The highest BCUT2D eigenvalue weighted by Crippen LogP contribution is 2.23. The lowest BCUT2D eigenvalue weighted by Gasteiger charge is -2.38. The van der Waals surface area contributed by atoms with E-state index in [1.165, 1.54) is 0 Å². The third kappa shape index (κ3) is 3.49. The number of ether oxygens (including phenoxy) is 1. The van der Waals surface area contributed by atoms with E-state index in [2.05, 4.69) is 45.4 Å². The molecule has 0 aliphatic carbocycles. The number of hydrogen-bond donors (Lipinski definition) is 0. The molecule has 0 radical (unpaired) electrons. The number of carbonyl (C=O) groups is 1. The van der Waals surface area contributed by atoms with Crippen molar-refractivity contribution in [2.45, 2.75) is 32.4 Å². The van der Waals surface area contributed by atoms with Gasteiger partial charge in [-0.15, -0.1) is 0 Å². The van der Waals surface area contributed by atoms with Crippen LogP contribution in [0.2, 0.25) is 0 Å². The molecule has 0 N–H and O–H groups in total. The van der Waals surface area contributed by atoms with E-state index in [0.717, 1.165) is 20.0 Å². The lowest BCUT2D eigenvalue weighted by molar-refractivity contribution is -0.0444. The molecule has 1 heterocycles. The minimum Gasteiger partial charge on any atom is -0.375 e. The molecule has 104 valence electrons. The minimum atomic E-state index is 0.104. The molecule has 2 unspecified atom stereocenters. The third-order valence-electron chi connectivity index (χ3n) is 3.36. The molecule has 1 aromatic rings. The number of carbonyl (C=O) groups excluding carboxylic acids is 1. The molecule has 2 rings (SSSR count). The third-order valence-corrected chi connectivity index (χ3v) is 4.79. The first-order chi connectivity index (χ1) is 9.02. The number of halogens is 2. The van der Waals surface area contributed by atoms with Gasteiger partial charge in [-0.3, -0.25) is 4.79 Å². The summed E-state index contributed by atoms with van der Waals surface area (Å²) < 4.78 is 7.57. The van der Waals surface area contributed by atoms with Crippen LogP contribution in [0.1, 0.15) is 30.6 Å². The largest absolute Gasteiger partial charge is 0.375 e. The molecule has 0 saturated carbocycles. The molecule has 0 spiro atoms. The number of amides is 1. The molecule has 1 amide bonds. The lowest BCUT2D eigenvalue weighted by atomic mass is 10.1. The SMILES string of the molecule is CCC1COC(C)CN1C(=O)c1cc(Br)ccc1I. The van der Waals surface area contributed by atoms with Gasteiger partial charge in [0.2, 0.25) is 0 Å². The topological polar surface area (TPSA) is 29.5 Å². The standard InChI is InChI=1S/C14H17BrINO2/c1-3-11-8-19-9(2)7-17(11)14(18)12-6-10(15)4-5-13(12)16/h4-6,9,11H,3,7-8H2,1-2H3. The molecule has 1 aliphatic heterocycles. The van der Waals surface area contributed by atoms with Crippen molar-refractivity contribution in [3.05, 3.63) is 31.8 Å². The summed E-state index contributed by atoms with van der Waals surface area (Å²) in [6.45, 7) is 5.40. The van der Waals surface area contributed by atoms with Crippen LogP contribution in [0.4, 0.5) is 0 Å². The van der Waals surface area contributed by atoms with E-state index >= 15 is 0 Å². The number of rotatable bonds is 2. The summed E-state index contributed by atoms with van der Waals surface area (Å²) in [6.07, 6.45) is 1.03. The maximum Gasteiger partial charge on any atom is 0.255 e. The van der Waals surface area contributed by atoms with Crippen LogP contribution in [-0.2, 0) is 4.74 Å². The predicted molar refractivity (Wildman–Crippen MR) is 87.4 cm³/mol. The first-order valence-corrected chi connectivity index (χ1v) is 8.27. The van der Waals surface area contributed by atoms with E-state index in [1.54, 1.807) is 0 Å². The molecule has 5 heteroatoms. The van der Waals surface area contributed by atoms with E-state index in [1.807, 2.05) is 30.0 Å². The van der Waals surface area contributed by atoms with Gasteiger partial charge in [0.05, 0.1) is 24.3 Å². The van der Waals surface area contributed by atoms with Crippen molar-refractivity contribution in [2.24, 2.45) is 0 Å². The molecule has 1 fully saturated rings. The van der Waals surface area contributed by atoms with E-state index in [0.29, 0.717) is 13.2 Å². The van der Waals surface area contributed by atoms with Gasteiger partial charge in [0.15, 0.2) is 0 Å². The van der Waals surface area contributed by atoms with Crippen LogP contribution in [-0.4, -0.2) is 36.1 Å². The molecule has 2 atom stereocenters. The molecule has 19 heavy (non-hydrogen) atoms. The van der Waals surface area contributed by atoms with Gasteiger partial charge >= 0.3 is 0 Å². The Hall–Kier alpha value is -0.140. The molecule has 0 aromatic heterocycles. The summed E-state index contributed by atoms with van der Waals surface area (Å²) in [7, 11) is 0. The molecular formula is C14H17BrINO2. The van der Waals surface area contributed by atoms with Crippen molar-refractivity contribution < 1.29 is 9.53 Å². The summed E-state index contributed by atoms with van der Waals surface area (Å²) >= 11 is 5.65. The van der Waals surface area contributed by atoms with Crippen molar-refractivity contribution in [3.63, 3.8) is 0 Å². The fourth-order valence-corrected chi connectivity index (χ4v) is 3.17. The Morgan fingerprint density at radius 1 is 1.58 bits per heavy atom. The highest BCUT2D eigenvalue weighted by atomic mass is 127. The van der Waals surface area contributed by atoms with Gasteiger partial charge in [0.25, 0.3) is 5.91 Å². The Balaban J connectivity index is 2.28. The Morgan fingerprint density at radius 2 is 2.32 bits per heavy atom. The van der Waals surface area contributed by atoms with Gasteiger partial charge in [-0.2, -0.15) is 0 Å². The number of nitrogens with zero attached hydrogens (tertiary/aromatic N) is 1. The second kappa shape index (κ2) is 6.54. The number of benzene rings is 1. The minimum absolute atomic E-state index is 0.104. The second-order valence-electron chi connectivity index (χ2n) is 4.79. The highest BCUT2D eigenvalue weighted by molar-refractivity contribution is 14.1. The summed E-state index contributed by atoms with van der Waals surface area (Å²) in [5.41, 5.74) is 0.766. The van der Waals surface area contributed by atoms with Crippen molar-refractivity contribution in [3.8, 4) is 0 Å². The van der Waals surface area contributed by atoms with Gasteiger partial charge in [-0.25, -0.2) is 0 Å². The number of morpholine rings is 1. The average Bonchev–Trinajstić information content (AvgIpc) is 2.40. The van der Waals surface area contributed by atoms with E-state index in [4.69, 9.17) is 4.74 Å². The Kier molecular flexibility index (Phi) is 5.25. The van der Waals surface area contributed by atoms with Crippen molar-refractivity contribution >= 4 is 44.4 Å².